The molecule has 1 aromatic heterocycles. The van der Waals surface area contributed by atoms with Crippen molar-refractivity contribution in [3.05, 3.63) is 41.4 Å². The molecule has 0 aliphatic heterocycles. The molecule has 0 spiro atoms. The van der Waals surface area contributed by atoms with Gasteiger partial charge in [-0.15, -0.1) is 0 Å². The van der Waals surface area contributed by atoms with E-state index in [0.29, 0.717) is 16.3 Å². The molecule has 0 aliphatic rings. The van der Waals surface area contributed by atoms with Crippen LogP contribution in [-0.2, 0) is 16.0 Å². The Bertz CT molecular complexity index is 751. The molecule has 0 bridgehead atoms. The first-order chi connectivity index (χ1) is 11.9. The Morgan fingerprint density at radius 3 is 2.68 bits per heavy atom. The molecule has 6 nitrogen and oxygen atoms in total. The van der Waals surface area contributed by atoms with E-state index in [9.17, 15) is 18.4 Å². The maximum absolute atomic E-state index is 12.3. The summed E-state index contributed by atoms with van der Waals surface area (Å²) in [7, 11) is 0. The van der Waals surface area contributed by atoms with E-state index in [1.165, 1.54) is 6.20 Å². The fraction of sp³-hybridized carbons (Fsp3) is 0.312. The van der Waals surface area contributed by atoms with Crippen LogP contribution < -0.4 is 5.32 Å². The molecule has 1 unspecified atom stereocenters. The summed E-state index contributed by atoms with van der Waals surface area (Å²) in [5.74, 6) is -1.50. The molecule has 9 heteroatoms. The van der Waals surface area contributed by atoms with Gasteiger partial charge in [-0.1, -0.05) is 23.7 Å². The third-order valence-corrected chi connectivity index (χ3v) is 3.64. The van der Waals surface area contributed by atoms with Gasteiger partial charge in [0.1, 0.15) is 6.04 Å². The van der Waals surface area contributed by atoms with Crippen molar-refractivity contribution >= 4 is 23.5 Å². The number of halogens is 3. The van der Waals surface area contributed by atoms with Gasteiger partial charge in [0.25, 0.3) is 0 Å². The highest BCUT2D eigenvalue weighted by Gasteiger charge is 2.24. The van der Waals surface area contributed by atoms with Crippen molar-refractivity contribution in [1.29, 1.82) is 0 Å². The van der Waals surface area contributed by atoms with Gasteiger partial charge in [0.15, 0.2) is 11.7 Å². The Kier molecular flexibility index (Phi) is 6.46. The summed E-state index contributed by atoms with van der Waals surface area (Å²) < 4.78 is 30.1. The molecule has 0 saturated carbocycles. The summed E-state index contributed by atoms with van der Waals surface area (Å²) in [5.41, 5.74) is 0.648. The zero-order chi connectivity index (χ0) is 18.4. The monoisotopic (exact) mass is 372 g/mol. The van der Waals surface area contributed by atoms with Crippen molar-refractivity contribution in [2.75, 3.05) is 0 Å². The molecule has 134 valence electrons. The van der Waals surface area contributed by atoms with Gasteiger partial charge >= 0.3 is 5.97 Å². The number of oxazole rings is 1. The molecule has 25 heavy (non-hydrogen) atoms. The van der Waals surface area contributed by atoms with Crippen LogP contribution in [0.3, 0.4) is 0 Å². The zero-order valence-electron chi connectivity index (χ0n) is 12.9. The normalized spacial score (nSPS) is 12.2. The molecule has 1 heterocycles. The summed E-state index contributed by atoms with van der Waals surface area (Å²) in [5, 5.41) is 11.4. The molecule has 1 atom stereocenters. The fourth-order valence-corrected chi connectivity index (χ4v) is 2.33. The Balaban J connectivity index is 1.92. The Morgan fingerprint density at radius 1 is 1.32 bits per heavy atom. The third kappa shape index (κ3) is 5.53. The molecular formula is C16H15ClF2N2O4. The molecule has 2 N–H and O–H groups in total. The van der Waals surface area contributed by atoms with Crippen LogP contribution in [0.1, 0.15) is 18.7 Å². The fourth-order valence-electron chi connectivity index (χ4n) is 2.10. The number of aryl methyl sites for hydroxylation is 1. The van der Waals surface area contributed by atoms with Gasteiger partial charge in [0.05, 0.1) is 11.2 Å². The SMILES string of the molecule is O=C(CCc1ncc(-c2ccccc2Cl)o1)NC(CC(F)F)C(=O)O. The Labute approximate surface area is 146 Å². The highest BCUT2D eigenvalue weighted by atomic mass is 35.5. The van der Waals surface area contributed by atoms with Crippen LogP contribution in [0.2, 0.25) is 5.02 Å². The van der Waals surface area contributed by atoms with Gasteiger partial charge in [-0.2, -0.15) is 0 Å². The maximum Gasteiger partial charge on any atom is 0.326 e. The Morgan fingerprint density at radius 2 is 2.04 bits per heavy atom. The van der Waals surface area contributed by atoms with E-state index in [2.05, 4.69) is 10.3 Å². The molecule has 0 aliphatic carbocycles. The van der Waals surface area contributed by atoms with E-state index in [-0.39, 0.29) is 18.7 Å². The van der Waals surface area contributed by atoms with Crippen LogP contribution in [0.4, 0.5) is 8.78 Å². The number of amides is 1. The zero-order valence-corrected chi connectivity index (χ0v) is 13.7. The van der Waals surface area contributed by atoms with Crippen molar-refractivity contribution in [2.24, 2.45) is 0 Å². The average molecular weight is 373 g/mol. The van der Waals surface area contributed by atoms with E-state index in [1.807, 2.05) is 0 Å². The average Bonchev–Trinajstić information content (AvgIpc) is 3.01. The van der Waals surface area contributed by atoms with Crippen molar-refractivity contribution in [3.63, 3.8) is 0 Å². The number of nitrogens with zero attached hydrogens (tertiary/aromatic N) is 1. The summed E-state index contributed by atoms with van der Waals surface area (Å²) in [6.45, 7) is 0. The van der Waals surface area contributed by atoms with Crippen LogP contribution in [0.25, 0.3) is 11.3 Å². The van der Waals surface area contributed by atoms with Gasteiger partial charge in [-0.05, 0) is 12.1 Å². The number of carbonyl (C=O) groups is 2. The van der Waals surface area contributed by atoms with Gasteiger partial charge in [-0.3, -0.25) is 4.79 Å². The minimum Gasteiger partial charge on any atom is -0.480 e. The van der Waals surface area contributed by atoms with E-state index < -0.39 is 30.8 Å². The number of aromatic nitrogens is 1. The summed E-state index contributed by atoms with van der Waals surface area (Å²) >= 11 is 6.06. The number of benzene rings is 1. The number of rotatable bonds is 8. The number of aliphatic carboxylic acids is 1. The van der Waals surface area contributed by atoms with Crippen LogP contribution in [0.5, 0.6) is 0 Å². The van der Waals surface area contributed by atoms with Crippen molar-refractivity contribution < 1.29 is 27.9 Å². The van der Waals surface area contributed by atoms with Gasteiger partial charge < -0.3 is 14.8 Å². The Hall–Kier alpha value is -2.48. The lowest BCUT2D eigenvalue weighted by molar-refractivity contribution is -0.143. The maximum atomic E-state index is 12.3. The van der Waals surface area contributed by atoms with Crippen LogP contribution in [0, 0.1) is 0 Å². The van der Waals surface area contributed by atoms with Gasteiger partial charge in [-0.25, -0.2) is 18.6 Å². The lowest BCUT2D eigenvalue weighted by Crippen LogP contribution is -2.42. The molecule has 2 rings (SSSR count). The van der Waals surface area contributed by atoms with Crippen LogP contribution in [-0.4, -0.2) is 34.4 Å². The first-order valence-electron chi connectivity index (χ1n) is 7.36. The number of nitrogens with one attached hydrogen (secondary N) is 1. The van der Waals surface area contributed by atoms with E-state index in [1.54, 1.807) is 24.3 Å². The number of hydrogen-bond acceptors (Lipinski definition) is 4. The van der Waals surface area contributed by atoms with Crippen molar-refractivity contribution in [3.8, 4) is 11.3 Å². The number of carboxylic acid groups (broad SMARTS) is 1. The lowest BCUT2D eigenvalue weighted by atomic mass is 10.2. The molecule has 0 fully saturated rings. The standard InChI is InChI=1S/C16H15ClF2N2O4/c17-10-4-2-1-3-9(10)12-8-20-15(25-12)6-5-14(22)21-11(16(23)24)7-13(18)19/h1-4,8,11,13H,5-7H2,(H,21,22)(H,23,24). The number of hydrogen-bond donors (Lipinski definition) is 2. The van der Waals surface area contributed by atoms with Crippen molar-refractivity contribution in [2.45, 2.75) is 31.7 Å². The third-order valence-electron chi connectivity index (χ3n) is 3.31. The van der Waals surface area contributed by atoms with Crippen LogP contribution in [0.15, 0.2) is 34.9 Å². The molecule has 0 saturated heterocycles. The summed E-state index contributed by atoms with van der Waals surface area (Å²) in [6.07, 6.45) is -2.36. The molecule has 1 amide bonds. The second kappa shape index (κ2) is 8.57. The first kappa shape index (κ1) is 18.9. The first-order valence-corrected chi connectivity index (χ1v) is 7.74. The number of carboxylic acids is 1. The second-order valence-electron chi connectivity index (χ2n) is 5.18. The number of alkyl halides is 2. The quantitative estimate of drug-likeness (QED) is 0.742. The smallest absolute Gasteiger partial charge is 0.326 e. The van der Waals surface area contributed by atoms with Gasteiger partial charge in [0.2, 0.25) is 12.3 Å². The predicted molar refractivity (Wildman–Crippen MR) is 85.5 cm³/mol. The van der Waals surface area contributed by atoms with E-state index in [4.69, 9.17) is 21.1 Å². The van der Waals surface area contributed by atoms with E-state index in [0.717, 1.165) is 0 Å². The minimum absolute atomic E-state index is 0.0945. The largest absolute Gasteiger partial charge is 0.480 e. The van der Waals surface area contributed by atoms with Gasteiger partial charge in [0, 0.05) is 24.8 Å². The lowest BCUT2D eigenvalue weighted by Gasteiger charge is -2.13. The minimum atomic E-state index is -2.83. The predicted octanol–water partition coefficient (Wildman–Crippen LogP) is 3.15. The molecule has 2 aromatic rings. The van der Waals surface area contributed by atoms with Crippen molar-refractivity contribution in [1.82, 2.24) is 10.3 Å². The summed E-state index contributed by atoms with van der Waals surface area (Å²) in [6, 6.07) is 5.37. The molecular weight excluding hydrogens is 358 g/mol. The van der Waals surface area contributed by atoms with Crippen LogP contribution >= 0.6 is 11.6 Å². The molecule has 1 aromatic carbocycles. The second-order valence-corrected chi connectivity index (χ2v) is 5.59. The summed E-state index contributed by atoms with van der Waals surface area (Å²) in [4.78, 5) is 26.6. The molecule has 0 radical (unpaired) electrons. The topological polar surface area (TPSA) is 92.4 Å². The van der Waals surface area contributed by atoms with E-state index >= 15 is 0 Å². The highest BCUT2D eigenvalue weighted by molar-refractivity contribution is 6.33. The number of carbonyl (C=O) groups excluding carboxylic acids is 1. The highest BCUT2D eigenvalue weighted by Crippen LogP contribution is 2.28.